The van der Waals surface area contributed by atoms with Gasteiger partial charge in [-0.25, -0.2) is 0 Å². The second kappa shape index (κ2) is 9.80. The number of hydrogen-bond acceptors (Lipinski definition) is 5. The van der Waals surface area contributed by atoms with Crippen LogP contribution in [0.25, 0.3) is 0 Å². The molecule has 2 aromatic carbocycles. The van der Waals surface area contributed by atoms with Crippen molar-refractivity contribution in [1.82, 2.24) is 4.90 Å². The molecule has 27 heavy (non-hydrogen) atoms. The first-order chi connectivity index (χ1) is 13.2. The van der Waals surface area contributed by atoms with Gasteiger partial charge in [-0.3, -0.25) is 4.90 Å². The number of benzene rings is 2. The van der Waals surface area contributed by atoms with E-state index in [2.05, 4.69) is 4.90 Å². The number of ether oxygens (including phenoxy) is 2. The molecule has 5 nitrogen and oxygen atoms in total. The lowest BCUT2D eigenvalue weighted by molar-refractivity contribution is 0.0604. The monoisotopic (exact) mass is 367 g/mol. The van der Waals surface area contributed by atoms with Gasteiger partial charge in [0.05, 0.1) is 19.9 Å². The lowest BCUT2D eigenvalue weighted by atomic mass is 10.2. The number of aliphatic hydroxyl groups is 1. The maximum Gasteiger partial charge on any atom is 0.119 e. The molecule has 3 aromatic rings. The smallest absolute Gasteiger partial charge is 0.119 e. The summed E-state index contributed by atoms with van der Waals surface area (Å²) in [6, 6.07) is 21.3. The minimum absolute atomic E-state index is 0.237. The molecule has 1 heterocycles. The van der Waals surface area contributed by atoms with E-state index >= 15 is 0 Å². The van der Waals surface area contributed by atoms with Crippen LogP contribution in [0.5, 0.6) is 11.5 Å². The summed E-state index contributed by atoms with van der Waals surface area (Å²) < 4.78 is 16.4. The van der Waals surface area contributed by atoms with Crippen molar-refractivity contribution in [3.63, 3.8) is 0 Å². The predicted octanol–water partition coefficient (Wildman–Crippen LogP) is 3.73. The van der Waals surface area contributed by atoms with Gasteiger partial charge in [0.2, 0.25) is 0 Å². The quantitative estimate of drug-likeness (QED) is 0.592. The molecule has 1 atom stereocenters. The van der Waals surface area contributed by atoms with Gasteiger partial charge < -0.3 is 19.0 Å². The van der Waals surface area contributed by atoms with Crippen molar-refractivity contribution in [2.75, 3.05) is 20.3 Å². The van der Waals surface area contributed by atoms with Crippen molar-refractivity contribution in [3.05, 3.63) is 84.3 Å². The molecule has 1 aromatic heterocycles. The van der Waals surface area contributed by atoms with Crippen molar-refractivity contribution in [1.29, 1.82) is 0 Å². The molecular weight excluding hydrogens is 342 g/mol. The number of aliphatic hydroxyl groups excluding tert-OH is 1. The zero-order valence-corrected chi connectivity index (χ0v) is 15.5. The van der Waals surface area contributed by atoms with Crippen LogP contribution >= 0.6 is 0 Å². The van der Waals surface area contributed by atoms with Crippen molar-refractivity contribution >= 4 is 0 Å². The standard InChI is InChI=1S/C22H25NO4/c1-25-20-11-9-18(10-12-20)14-23(16-22-8-5-13-26-22)15-19(24)17-27-21-6-3-2-4-7-21/h2-13,19,24H,14-17H2,1H3/t19-/m0/s1. The predicted molar refractivity (Wildman–Crippen MR) is 104 cm³/mol. The second-order valence-corrected chi connectivity index (χ2v) is 6.37. The van der Waals surface area contributed by atoms with Crippen LogP contribution in [0.1, 0.15) is 11.3 Å². The Hall–Kier alpha value is -2.76. The third-order valence-corrected chi connectivity index (χ3v) is 4.18. The lowest BCUT2D eigenvalue weighted by Gasteiger charge is -2.24. The molecule has 5 heteroatoms. The molecule has 0 aliphatic carbocycles. The van der Waals surface area contributed by atoms with E-state index in [1.165, 1.54) is 0 Å². The average molecular weight is 367 g/mol. The summed E-state index contributed by atoms with van der Waals surface area (Å²) in [4.78, 5) is 2.14. The minimum atomic E-state index is -0.613. The van der Waals surface area contributed by atoms with Crippen molar-refractivity contribution in [3.8, 4) is 11.5 Å². The van der Waals surface area contributed by atoms with Gasteiger partial charge in [-0.1, -0.05) is 30.3 Å². The summed E-state index contributed by atoms with van der Waals surface area (Å²) in [6.45, 7) is 2.01. The summed E-state index contributed by atoms with van der Waals surface area (Å²) in [5, 5.41) is 10.5. The van der Waals surface area contributed by atoms with Gasteiger partial charge in [0, 0.05) is 13.1 Å². The Morgan fingerprint density at radius 2 is 1.70 bits per heavy atom. The fraction of sp³-hybridized carbons (Fsp3) is 0.273. The van der Waals surface area contributed by atoms with Crippen LogP contribution in [0.2, 0.25) is 0 Å². The van der Waals surface area contributed by atoms with Gasteiger partial charge in [-0.2, -0.15) is 0 Å². The fourth-order valence-corrected chi connectivity index (χ4v) is 2.86. The SMILES string of the molecule is COc1ccc(CN(Cc2ccco2)C[C@H](O)COc2ccccc2)cc1. The third kappa shape index (κ3) is 6.16. The van der Waals surface area contributed by atoms with Gasteiger partial charge in [-0.15, -0.1) is 0 Å². The maximum atomic E-state index is 10.5. The summed E-state index contributed by atoms with van der Waals surface area (Å²) in [7, 11) is 1.65. The zero-order valence-electron chi connectivity index (χ0n) is 15.5. The molecule has 3 rings (SSSR count). The second-order valence-electron chi connectivity index (χ2n) is 6.37. The summed E-state index contributed by atoms with van der Waals surface area (Å²) in [6.07, 6.45) is 1.05. The number of methoxy groups -OCH3 is 1. The molecule has 0 spiro atoms. The molecule has 0 radical (unpaired) electrons. The van der Waals surface area contributed by atoms with E-state index < -0.39 is 6.10 Å². The first-order valence-corrected chi connectivity index (χ1v) is 8.96. The van der Waals surface area contributed by atoms with Gasteiger partial charge >= 0.3 is 0 Å². The Bertz CT molecular complexity index is 772. The van der Waals surface area contributed by atoms with Crippen molar-refractivity contribution in [2.45, 2.75) is 19.2 Å². The van der Waals surface area contributed by atoms with E-state index in [4.69, 9.17) is 13.9 Å². The number of nitrogens with zero attached hydrogens (tertiary/aromatic N) is 1. The summed E-state index contributed by atoms with van der Waals surface area (Å²) >= 11 is 0. The molecule has 0 aliphatic heterocycles. The van der Waals surface area contributed by atoms with E-state index in [0.29, 0.717) is 19.6 Å². The zero-order chi connectivity index (χ0) is 18.9. The molecule has 142 valence electrons. The Morgan fingerprint density at radius 3 is 2.37 bits per heavy atom. The molecule has 0 aliphatic rings. The van der Waals surface area contributed by atoms with Crippen molar-refractivity contribution in [2.24, 2.45) is 0 Å². The van der Waals surface area contributed by atoms with Crippen LogP contribution in [0, 0.1) is 0 Å². The van der Waals surface area contributed by atoms with Gasteiger partial charge in [0.1, 0.15) is 30.0 Å². The highest BCUT2D eigenvalue weighted by atomic mass is 16.5. The van der Waals surface area contributed by atoms with Crippen molar-refractivity contribution < 1.29 is 19.0 Å². The van der Waals surface area contributed by atoms with E-state index in [1.54, 1.807) is 13.4 Å². The topological polar surface area (TPSA) is 55.1 Å². The highest BCUT2D eigenvalue weighted by Gasteiger charge is 2.15. The normalized spacial score (nSPS) is 12.1. The van der Waals surface area contributed by atoms with Crippen LogP contribution < -0.4 is 9.47 Å². The molecular formula is C22H25NO4. The summed E-state index contributed by atoms with van der Waals surface area (Å²) in [5.74, 6) is 2.44. The highest BCUT2D eigenvalue weighted by molar-refractivity contribution is 5.27. The van der Waals surface area contributed by atoms with Gasteiger partial charge in [0.15, 0.2) is 0 Å². The average Bonchev–Trinajstić information content (AvgIpc) is 3.21. The third-order valence-electron chi connectivity index (χ3n) is 4.18. The molecule has 0 fully saturated rings. The Kier molecular flexibility index (Phi) is 6.90. The Morgan fingerprint density at radius 1 is 0.926 bits per heavy atom. The molecule has 0 bridgehead atoms. The molecule has 0 saturated heterocycles. The van der Waals surface area contributed by atoms with Crippen LogP contribution in [0.15, 0.2) is 77.4 Å². The van der Waals surface area contributed by atoms with Crippen LogP contribution in [0.4, 0.5) is 0 Å². The van der Waals surface area contributed by atoms with E-state index in [9.17, 15) is 5.11 Å². The van der Waals surface area contributed by atoms with Crippen LogP contribution in [0.3, 0.4) is 0 Å². The van der Waals surface area contributed by atoms with Gasteiger partial charge in [0.25, 0.3) is 0 Å². The Balaban J connectivity index is 1.59. The Labute approximate surface area is 159 Å². The molecule has 0 amide bonds. The van der Waals surface area contributed by atoms with Crippen LogP contribution in [-0.2, 0) is 13.1 Å². The number of hydrogen-bond donors (Lipinski definition) is 1. The number of rotatable bonds is 10. The minimum Gasteiger partial charge on any atom is -0.497 e. The first kappa shape index (κ1) is 19.0. The molecule has 0 unspecified atom stereocenters. The van der Waals surface area contributed by atoms with Crippen LogP contribution in [-0.4, -0.2) is 36.4 Å². The van der Waals surface area contributed by atoms with E-state index in [-0.39, 0.29) is 6.61 Å². The van der Waals surface area contributed by atoms with E-state index in [0.717, 1.165) is 22.8 Å². The molecule has 1 N–H and O–H groups in total. The molecule has 0 saturated carbocycles. The largest absolute Gasteiger partial charge is 0.497 e. The highest BCUT2D eigenvalue weighted by Crippen LogP contribution is 2.16. The number of furan rings is 1. The maximum absolute atomic E-state index is 10.5. The lowest BCUT2D eigenvalue weighted by Crippen LogP contribution is -2.35. The first-order valence-electron chi connectivity index (χ1n) is 8.96. The number of para-hydroxylation sites is 1. The van der Waals surface area contributed by atoms with E-state index in [1.807, 2.05) is 66.7 Å². The summed E-state index contributed by atoms with van der Waals surface area (Å²) in [5.41, 5.74) is 1.14. The van der Waals surface area contributed by atoms with Gasteiger partial charge in [-0.05, 0) is 42.0 Å². The fourth-order valence-electron chi connectivity index (χ4n) is 2.86.